The maximum absolute atomic E-state index is 13.7. The fourth-order valence-corrected chi connectivity index (χ4v) is 5.31. The molecule has 0 aliphatic carbocycles. The first-order valence-electron chi connectivity index (χ1n) is 11.6. The molecule has 1 aromatic carbocycles. The number of nitrogens with zero attached hydrogens (tertiary/aromatic N) is 1. The van der Waals surface area contributed by atoms with Crippen molar-refractivity contribution in [1.29, 1.82) is 0 Å². The van der Waals surface area contributed by atoms with Crippen molar-refractivity contribution in [3.05, 3.63) is 55.0 Å². The Morgan fingerprint density at radius 3 is 2.58 bits per heavy atom. The predicted molar refractivity (Wildman–Crippen MR) is 131 cm³/mol. The first kappa shape index (κ1) is 27.9. The van der Waals surface area contributed by atoms with E-state index in [9.17, 15) is 19.3 Å². The van der Waals surface area contributed by atoms with Crippen molar-refractivity contribution < 1.29 is 37.8 Å². The molecule has 2 aliphatic heterocycles. The maximum Gasteiger partial charge on any atom is 0.459 e. The predicted octanol–water partition coefficient (Wildman–Crippen LogP) is 2.65. The van der Waals surface area contributed by atoms with E-state index in [1.54, 1.807) is 62.9 Å². The SMILES string of the molecule is C=C1NC(=O)C=CN1[C@@H]1O[C@H](COP(=O)(N[C@@H](C)C(=O)OC(C)C)Oc2ccccc2)[C@@H](O)C1(C)C. The van der Waals surface area contributed by atoms with Crippen LogP contribution in [0.15, 0.2) is 55.0 Å². The minimum Gasteiger partial charge on any atom is -0.462 e. The van der Waals surface area contributed by atoms with Crippen LogP contribution >= 0.6 is 7.75 Å². The minimum absolute atomic E-state index is 0.259. The molecule has 12 heteroatoms. The number of esters is 1. The average Bonchev–Trinajstić information content (AvgIpc) is 3.01. The molecule has 0 spiro atoms. The Hall–Kier alpha value is -2.69. The lowest BCUT2D eigenvalue weighted by Crippen LogP contribution is -2.48. The molecule has 3 N–H and O–H groups in total. The summed E-state index contributed by atoms with van der Waals surface area (Å²) in [5.74, 6) is -0.384. The molecule has 3 rings (SSSR count). The van der Waals surface area contributed by atoms with Gasteiger partial charge in [-0.3, -0.25) is 14.1 Å². The van der Waals surface area contributed by atoms with Gasteiger partial charge in [0.2, 0.25) is 0 Å². The molecular weight excluding hydrogens is 489 g/mol. The van der Waals surface area contributed by atoms with Gasteiger partial charge >= 0.3 is 13.7 Å². The third kappa shape index (κ3) is 6.54. The van der Waals surface area contributed by atoms with Gasteiger partial charge in [0.1, 0.15) is 29.9 Å². The highest BCUT2D eigenvalue weighted by atomic mass is 31.2. The summed E-state index contributed by atoms with van der Waals surface area (Å²) in [5.41, 5.74) is -0.824. The van der Waals surface area contributed by atoms with Crippen molar-refractivity contribution in [1.82, 2.24) is 15.3 Å². The van der Waals surface area contributed by atoms with Crippen molar-refractivity contribution in [3.63, 3.8) is 0 Å². The molecule has 1 saturated heterocycles. The minimum atomic E-state index is -4.13. The number of ether oxygens (including phenoxy) is 2. The Bertz CT molecular complexity index is 1050. The first-order chi connectivity index (χ1) is 16.8. The van der Waals surface area contributed by atoms with Gasteiger partial charge in [-0.15, -0.1) is 0 Å². The summed E-state index contributed by atoms with van der Waals surface area (Å²) in [7, 11) is -4.13. The van der Waals surface area contributed by atoms with E-state index < -0.39 is 43.6 Å². The normalized spacial score (nSPS) is 25.9. The molecular formula is C24H34N3O8P. The Kier molecular flexibility index (Phi) is 8.63. The second-order valence-corrected chi connectivity index (χ2v) is 11.2. The van der Waals surface area contributed by atoms with E-state index in [0.29, 0.717) is 5.82 Å². The van der Waals surface area contributed by atoms with E-state index in [1.165, 1.54) is 19.2 Å². The Morgan fingerprint density at radius 2 is 1.97 bits per heavy atom. The summed E-state index contributed by atoms with van der Waals surface area (Å²) in [4.78, 5) is 25.5. The molecule has 0 saturated carbocycles. The first-order valence-corrected chi connectivity index (χ1v) is 13.1. The smallest absolute Gasteiger partial charge is 0.459 e. The largest absolute Gasteiger partial charge is 0.462 e. The van der Waals surface area contributed by atoms with E-state index >= 15 is 0 Å². The lowest BCUT2D eigenvalue weighted by molar-refractivity contribution is -0.149. The average molecular weight is 524 g/mol. The summed E-state index contributed by atoms with van der Waals surface area (Å²) in [5, 5.41) is 16.2. The number of carbonyl (C=O) groups excluding carboxylic acids is 2. The number of nitrogens with one attached hydrogen (secondary N) is 2. The molecule has 11 nitrogen and oxygen atoms in total. The Labute approximate surface area is 211 Å². The van der Waals surface area contributed by atoms with Crippen molar-refractivity contribution in [2.24, 2.45) is 5.41 Å². The maximum atomic E-state index is 13.7. The molecule has 1 fully saturated rings. The second-order valence-electron chi connectivity index (χ2n) is 9.49. The van der Waals surface area contributed by atoms with Crippen LogP contribution in [0.25, 0.3) is 0 Å². The number of carbonyl (C=O) groups is 2. The standard InChI is InChI=1S/C24H34N3O8P/c1-15(2)33-22(30)16(3)26-36(31,35-18-10-8-7-9-11-18)32-14-19-21(29)24(5,6)23(34-19)27-13-12-20(28)25-17(27)4/h7-13,15-16,19,21,23,29H,4,14H2,1-3,5-6H3,(H,25,28)(H,26,31)/t16-,19+,21+,23+,36?/m0/s1. The Morgan fingerprint density at radius 1 is 1.31 bits per heavy atom. The van der Waals surface area contributed by atoms with Gasteiger partial charge in [0.05, 0.1) is 18.8 Å². The van der Waals surface area contributed by atoms with Crippen LogP contribution in [0.5, 0.6) is 5.75 Å². The lowest BCUT2D eigenvalue weighted by atomic mass is 9.84. The molecule has 1 aromatic rings. The summed E-state index contributed by atoms with van der Waals surface area (Å²) in [6, 6.07) is 7.35. The molecule has 1 unspecified atom stereocenters. The van der Waals surface area contributed by atoms with Crippen LogP contribution in [0.4, 0.5) is 0 Å². The summed E-state index contributed by atoms with van der Waals surface area (Å²) < 4.78 is 36.3. The van der Waals surface area contributed by atoms with E-state index in [2.05, 4.69) is 17.0 Å². The second kappa shape index (κ2) is 11.1. The molecule has 0 bridgehead atoms. The third-order valence-electron chi connectivity index (χ3n) is 5.71. The lowest BCUT2D eigenvalue weighted by Gasteiger charge is -2.38. The number of amides is 1. The molecule has 1 amide bonds. The molecule has 0 radical (unpaired) electrons. The zero-order valence-electron chi connectivity index (χ0n) is 21.0. The Balaban J connectivity index is 1.76. The van der Waals surface area contributed by atoms with Crippen molar-refractivity contribution in [2.45, 2.75) is 65.2 Å². The molecule has 2 heterocycles. The fraction of sp³-hybridized carbons (Fsp3) is 0.500. The number of aliphatic hydroxyl groups excluding tert-OH is 1. The van der Waals surface area contributed by atoms with Crippen LogP contribution in [0.3, 0.4) is 0 Å². The van der Waals surface area contributed by atoms with Crippen LogP contribution in [-0.4, -0.2) is 59.1 Å². The summed E-state index contributed by atoms with van der Waals surface area (Å²) >= 11 is 0. The molecule has 0 aromatic heterocycles. The molecule has 5 atom stereocenters. The highest BCUT2D eigenvalue weighted by Crippen LogP contribution is 2.47. The highest BCUT2D eigenvalue weighted by molar-refractivity contribution is 7.52. The molecule has 2 aliphatic rings. The van der Waals surface area contributed by atoms with Crippen LogP contribution < -0.4 is 14.9 Å². The topological polar surface area (TPSA) is 136 Å². The van der Waals surface area contributed by atoms with E-state index in [1.807, 2.05) is 0 Å². The van der Waals surface area contributed by atoms with Gasteiger partial charge in [-0.05, 0) is 32.9 Å². The van der Waals surface area contributed by atoms with Crippen LogP contribution in [0.2, 0.25) is 0 Å². The van der Waals surface area contributed by atoms with Gasteiger partial charge in [-0.25, -0.2) is 4.57 Å². The zero-order chi connectivity index (χ0) is 26.7. The third-order valence-corrected chi connectivity index (χ3v) is 7.35. The molecule has 198 valence electrons. The van der Waals surface area contributed by atoms with Crippen molar-refractivity contribution >= 4 is 19.6 Å². The van der Waals surface area contributed by atoms with Crippen molar-refractivity contribution in [3.8, 4) is 5.75 Å². The summed E-state index contributed by atoms with van der Waals surface area (Å²) in [6.07, 6.45) is -0.148. The number of hydrogen-bond acceptors (Lipinski definition) is 9. The number of rotatable bonds is 10. The summed E-state index contributed by atoms with van der Waals surface area (Å²) in [6.45, 7) is 12.0. The quantitative estimate of drug-likeness (QED) is 0.310. The van der Waals surface area contributed by atoms with Gasteiger partial charge < -0.3 is 29.3 Å². The number of benzene rings is 1. The zero-order valence-corrected chi connectivity index (χ0v) is 21.9. The van der Waals surface area contributed by atoms with Gasteiger partial charge in [0.15, 0.2) is 0 Å². The van der Waals surface area contributed by atoms with Crippen LogP contribution in [-0.2, 0) is 28.2 Å². The van der Waals surface area contributed by atoms with Gasteiger partial charge in [0, 0.05) is 17.7 Å². The van der Waals surface area contributed by atoms with Crippen molar-refractivity contribution in [2.75, 3.05) is 6.61 Å². The number of aliphatic hydroxyl groups is 1. The van der Waals surface area contributed by atoms with Gasteiger partial charge in [0.25, 0.3) is 5.91 Å². The monoisotopic (exact) mass is 523 g/mol. The highest BCUT2D eigenvalue weighted by Gasteiger charge is 2.53. The van der Waals surface area contributed by atoms with Crippen LogP contribution in [0, 0.1) is 5.41 Å². The van der Waals surface area contributed by atoms with E-state index in [-0.39, 0.29) is 24.4 Å². The number of para-hydroxylation sites is 1. The van der Waals surface area contributed by atoms with Crippen LogP contribution in [0.1, 0.15) is 34.6 Å². The molecule has 36 heavy (non-hydrogen) atoms. The van der Waals surface area contributed by atoms with Gasteiger partial charge in [-0.2, -0.15) is 5.09 Å². The number of hydrogen-bond donors (Lipinski definition) is 3. The fourth-order valence-electron chi connectivity index (χ4n) is 3.81. The van der Waals surface area contributed by atoms with E-state index in [0.717, 1.165) is 0 Å². The van der Waals surface area contributed by atoms with E-state index in [4.69, 9.17) is 18.5 Å². The van der Waals surface area contributed by atoms with Gasteiger partial charge in [-0.1, -0.05) is 38.6 Å².